The smallest absolute Gasteiger partial charge is 0.227 e. The van der Waals surface area contributed by atoms with Gasteiger partial charge in [-0.25, -0.2) is 4.98 Å². The normalized spacial score (nSPS) is 18.4. The second kappa shape index (κ2) is 3.93. The molecule has 4 nitrogen and oxygen atoms in total. The summed E-state index contributed by atoms with van der Waals surface area (Å²) >= 11 is 3.72. The number of amides is 2. The van der Waals surface area contributed by atoms with Crippen molar-refractivity contribution in [1.29, 1.82) is 0 Å². The molecule has 0 bridgehead atoms. The molecule has 1 saturated heterocycles. The molecule has 2 rings (SSSR count). The molecular weight excluding hydrogens is 315 g/mol. The van der Waals surface area contributed by atoms with Crippen molar-refractivity contribution in [3.63, 3.8) is 0 Å². The molecule has 2 amide bonds. The van der Waals surface area contributed by atoms with Crippen LogP contribution in [-0.4, -0.2) is 16.8 Å². The van der Waals surface area contributed by atoms with Crippen LogP contribution >= 0.6 is 33.9 Å². The SMILES string of the molecule is O=C1CC(c2ncc(I)s2)CC(=O)N1. The zero-order chi connectivity index (χ0) is 10.1. The first-order valence-electron chi connectivity index (χ1n) is 4.09. The monoisotopic (exact) mass is 322 g/mol. The van der Waals surface area contributed by atoms with Gasteiger partial charge in [0.05, 0.1) is 14.1 Å². The highest BCUT2D eigenvalue weighted by Crippen LogP contribution is 2.29. The van der Waals surface area contributed by atoms with Gasteiger partial charge in [-0.3, -0.25) is 14.9 Å². The highest BCUT2D eigenvalue weighted by Gasteiger charge is 2.27. The number of carbonyl (C=O) groups is 2. The number of piperidine rings is 1. The molecule has 1 aliphatic rings. The third kappa shape index (κ3) is 2.11. The number of nitrogens with zero attached hydrogens (tertiary/aromatic N) is 1. The van der Waals surface area contributed by atoms with Crippen LogP contribution in [0.25, 0.3) is 0 Å². The molecule has 1 aliphatic heterocycles. The molecule has 14 heavy (non-hydrogen) atoms. The average molecular weight is 322 g/mol. The van der Waals surface area contributed by atoms with E-state index in [0.717, 1.165) is 7.89 Å². The number of carbonyl (C=O) groups excluding carboxylic acids is 2. The molecule has 0 spiro atoms. The predicted octanol–water partition coefficient (Wildman–Crippen LogP) is 1.27. The van der Waals surface area contributed by atoms with Crippen molar-refractivity contribution in [2.24, 2.45) is 0 Å². The minimum Gasteiger partial charge on any atom is -0.296 e. The Morgan fingerprint density at radius 1 is 1.43 bits per heavy atom. The molecule has 0 aromatic carbocycles. The van der Waals surface area contributed by atoms with Gasteiger partial charge in [0.25, 0.3) is 0 Å². The van der Waals surface area contributed by atoms with Gasteiger partial charge in [0.1, 0.15) is 0 Å². The Balaban J connectivity index is 2.18. The van der Waals surface area contributed by atoms with Crippen LogP contribution in [-0.2, 0) is 9.59 Å². The summed E-state index contributed by atoms with van der Waals surface area (Å²) in [5.41, 5.74) is 0. The molecular formula is C8H7IN2O2S. The molecule has 0 radical (unpaired) electrons. The lowest BCUT2D eigenvalue weighted by atomic mass is 9.98. The minimum absolute atomic E-state index is 0.0234. The van der Waals surface area contributed by atoms with E-state index in [-0.39, 0.29) is 17.7 Å². The van der Waals surface area contributed by atoms with Gasteiger partial charge in [0.15, 0.2) is 0 Å². The molecule has 1 aromatic rings. The summed E-state index contributed by atoms with van der Waals surface area (Å²) in [6.07, 6.45) is 2.50. The van der Waals surface area contributed by atoms with E-state index in [9.17, 15) is 9.59 Å². The number of nitrogens with one attached hydrogen (secondary N) is 1. The van der Waals surface area contributed by atoms with Crippen LogP contribution < -0.4 is 5.32 Å². The van der Waals surface area contributed by atoms with Crippen LogP contribution in [0.5, 0.6) is 0 Å². The first-order valence-corrected chi connectivity index (χ1v) is 5.98. The van der Waals surface area contributed by atoms with E-state index >= 15 is 0 Å². The zero-order valence-electron chi connectivity index (χ0n) is 7.12. The number of hydrogen-bond donors (Lipinski definition) is 1. The van der Waals surface area contributed by atoms with E-state index in [2.05, 4.69) is 32.9 Å². The molecule has 1 fully saturated rings. The Hall–Kier alpha value is -0.500. The zero-order valence-corrected chi connectivity index (χ0v) is 10.1. The van der Waals surface area contributed by atoms with Gasteiger partial charge in [0.2, 0.25) is 11.8 Å². The number of thiazole rings is 1. The first-order chi connectivity index (χ1) is 6.65. The van der Waals surface area contributed by atoms with Crippen molar-refractivity contribution in [2.75, 3.05) is 0 Å². The summed E-state index contributed by atoms with van der Waals surface area (Å²) in [6.45, 7) is 0. The summed E-state index contributed by atoms with van der Waals surface area (Å²) in [4.78, 5) is 26.4. The van der Waals surface area contributed by atoms with Gasteiger partial charge in [-0.1, -0.05) is 0 Å². The fraction of sp³-hybridized carbons (Fsp3) is 0.375. The number of rotatable bonds is 1. The summed E-state index contributed by atoms with van der Waals surface area (Å²) in [5.74, 6) is -0.419. The van der Waals surface area contributed by atoms with E-state index in [1.165, 1.54) is 0 Å². The molecule has 0 aliphatic carbocycles. The van der Waals surface area contributed by atoms with Crippen molar-refractivity contribution in [1.82, 2.24) is 10.3 Å². The van der Waals surface area contributed by atoms with Gasteiger partial charge in [-0.2, -0.15) is 0 Å². The second-order valence-electron chi connectivity index (χ2n) is 3.08. The van der Waals surface area contributed by atoms with Crippen LogP contribution in [0.1, 0.15) is 23.8 Å². The quantitative estimate of drug-likeness (QED) is 0.626. The minimum atomic E-state index is -0.198. The first kappa shape index (κ1) is 10.0. The molecule has 0 unspecified atom stereocenters. The third-order valence-electron chi connectivity index (χ3n) is 1.99. The van der Waals surface area contributed by atoms with Crippen molar-refractivity contribution < 1.29 is 9.59 Å². The molecule has 0 saturated carbocycles. The Kier molecular flexibility index (Phi) is 2.82. The lowest BCUT2D eigenvalue weighted by Gasteiger charge is -2.18. The van der Waals surface area contributed by atoms with Crippen LogP contribution in [0.4, 0.5) is 0 Å². The topological polar surface area (TPSA) is 59.1 Å². The molecule has 1 N–H and O–H groups in total. The van der Waals surface area contributed by atoms with E-state index in [4.69, 9.17) is 0 Å². The highest BCUT2D eigenvalue weighted by atomic mass is 127. The van der Waals surface area contributed by atoms with Gasteiger partial charge >= 0.3 is 0 Å². The molecule has 1 aromatic heterocycles. The van der Waals surface area contributed by atoms with Crippen LogP contribution in [0.15, 0.2) is 6.20 Å². The lowest BCUT2D eigenvalue weighted by Crippen LogP contribution is -2.37. The number of imide groups is 1. The van der Waals surface area contributed by atoms with E-state index in [1.807, 2.05) is 0 Å². The van der Waals surface area contributed by atoms with Crippen LogP contribution in [0, 0.1) is 2.88 Å². The van der Waals surface area contributed by atoms with Crippen LogP contribution in [0.2, 0.25) is 0 Å². The number of hydrogen-bond acceptors (Lipinski definition) is 4. The van der Waals surface area contributed by atoms with Gasteiger partial charge in [0, 0.05) is 18.8 Å². The Bertz CT molecular complexity index is 374. The van der Waals surface area contributed by atoms with Gasteiger partial charge in [-0.05, 0) is 22.6 Å². The molecule has 74 valence electrons. The Morgan fingerprint density at radius 2 is 2.07 bits per heavy atom. The number of aromatic nitrogens is 1. The summed E-state index contributed by atoms with van der Waals surface area (Å²) in [7, 11) is 0. The standard InChI is InChI=1S/C8H7IN2O2S/c9-5-3-10-8(14-5)4-1-6(12)11-7(13)2-4/h3-4H,1-2H2,(H,11,12,13). The fourth-order valence-corrected chi connectivity index (χ4v) is 2.97. The highest BCUT2D eigenvalue weighted by molar-refractivity contribution is 14.1. The predicted molar refractivity (Wildman–Crippen MR) is 60.0 cm³/mol. The lowest BCUT2D eigenvalue weighted by molar-refractivity contribution is -0.133. The Morgan fingerprint density at radius 3 is 2.57 bits per heavy atom. The third-order valence-corrected chi connectivity index (χ3v) is 3.87. The summed E-state index contributed by atoms with van der Waals surface area (Å²) < 4.78 is 1.08. The van der Waals surface area contributed by atoms with Crippen LogP contribution in [0.3, 0.4) is 0 Å². The molecule has 6 heteroatoms. The molecule has 0 atom stereocenters. The van der Waals surface area contributed by atoms with Crippen molar-refractivity contribution in [2.45, 2.75) is 18.8 Å². The maximum absolute atomic E-state index is 11.1. The summed E-state index contributed by atoms with van der Waals surface area (Å²) in [5, 5.41) is 3.17. The van der Waals surface area contributed by atoms with Gasteiger partial charge in [-0.15, -0.1) is 11.3 Å². The van der Waals surface area contributed by atoms with Crippen molar-refractivity contribution in [3.05, 3.63) is 14.1 Å². The van der Waals surface area contributed by atoms with Crippen molar-refractivity contribution in [3.8, 4) is 0 Å². The molecule has 2 heterocycles. The van der Waals surface area contributed by atoms with E-state index in [1.54, 1.807) is 17.5 Å². The van der Waals surface area contributed by atoms with E-state index < -0.39 is 0 Å². The maximum Gasteiger partial charge on any atom is 0.227 e. The summed E-state index contributed by atoms with van der Waals surface area (Å²) in [6, 6.07) is 0. The average Bonchev–Trinajstić information content (AvgIpc) is 2.50. The Labute approximate surface area is 98.2 Å². The second-order valence-corrected chi connectivity index (χ2v) is 6.04. The largest absolute Gasteiger partial charge is 0.296 e. The fourth-order valence-electron chi connectivity index (χ4n) is 1.41. The van der Waals surface area contributed by atoms with Gasteiger partial charge < -0.3 is 0 Å². The maximum atomic E-state index is 11.1. The van der Waals surface area contributed by atoms with E-state index in [0.29, 0.717) is 12.8 Å². The number of halogens is 1. The van der Waals surface area contributed by atoms with Crippen molar-refractivity contribution >= 4 is 45.7 Å².